The van der Waals surface area contributed by atoms with Crippen LogP contribution in [0.4, 0.5) is 0 Å². The van der Waals surface area contributed by atoms with Gasteiger partial charge < -0.3 is 15.0 Å². The molecule has 218 valence electrons. The molecule has 0 aromatic heterocycles. The second kappa shape index (κ2) is 14.0. The highest BCUT2D eigenvalue weighted by Gasteiger charge is 2.28. The molecule has 1 heterocycles. The predicted octanol–water partition coefficient (Wildman–Crippen LogP) is 4.80. The van der Waals surface area contributed by atoms with E-state index in [1.807, 2.05) is 42.5 Å². The maximum Gasteiger partial charge on any atom is 0.243 e. The Morgan fingerprint density at radius 1 is 0.976 bits per heavy atom. The lowest BCUT2D eigenvalue weighted by atomic mass is 10.1. The van der Waals surface area contributed by atoms with Crippen molar-refractivity contribution in [3.8, 4) is 5.75 Å². The Balaban J connectivity index is 1.44. The minimum Gasteiger partial charge on any atom is -0.497 e. The molecule has 1 saturated heterocycles. The largest absolute Gasteiger partial charge is 0.497 e. The van der Waals surface area contributed by atoms with Crippen molar-refractivity contribution >= 4 is 33.4 Å². The van der Waals surface area contributed by atoms with Crippen LogP contribution in [-0.4, -0.2) is 55.7 Å². The number of hydrogen-bond donors (Lipinski definition) is 1. The summed E-state index contributed by atoms with van der Waals surface area (Å²) in [5.74, 6) is 0.227. The first kappa shape index (κ1) is 30.6. The first-order valence-corrected chi connectivity index (χ1v) is 15.5. The number of ether oxygens (including phenoxy) is 1. The summed E-state index contributed by atoms with van der Waals surface area (Å²) in [6.45, 7) is 3.30. The number of sulfonamides is 1. The van der Waals surface area contributed by atoms with Gasteiger partial charge in [0.1, 0.15) is 11.8 Å². The molecule has 1 aliphatic heterocycles. The lowest BCUT2D eigenvalue weighted by molar-refractivity contribution is -0.140. The fourth-order valence-electron chi connectivity index (χ4n) is 4.78. The molecule has 0 aliphatic carbocycles. The molecule has 2 amide bonds. The first-order valence-electron chi connectivity index (χ1n) is 13.7. The standard InChI is InChI=1S/C31H36ClN3O5S/c1-23(31(37)33-21-26-7-3-4-8-29(26)32)35(22-25-9-14-27(40-2)15-10-25)30(36)18-13-24-11-16-28(17-12-24)41(38,39)34-19-5-6-20-34/h3-4,7-12,14-17,23H,5-6,13,18-22H2,1-2H3,(H,33,37)/t23-/m0/s1. The van der Waals surface area contributed by atoms with Gasteiger partial charge >= 0.3 is 0 Å². The summed E-state index contributed by atoms with van der Waals surface area (Å²) in [5, 5.41) is 3.46. The number of nitrogens with zero attached hydrogens (tertiary/aromatic N) is 2. The van der Waals surface area contributed by atoms with Gasteiger partial charge in [-0.3, -0.25) is 9.59 Å². The molecule has 3 aromatic rings. The smallest absolute Gasteiger partial charge is 0.243 e. The van der Waals surface area contributed by atoms with Crippen molar-refractivity contribution in [2.24, 2.45) is 0 Å². The quantitative estimate of drug-likeness (QED) is 0.324. The van der Waals surface area contributed by atoms with E-state index in [9.17, 15) is 18.0 Å². The number of amides is 2. The zero-order chi connectivity index (χ0) is 29.4. The highest BCUT2D eigenvalue weighted by atomic mass is 35.5. The number of nitrogens with one attached hydrogen (secondary N) is 1. The molecule has 0 spiro atoms. The van der Waals surface area contributed by atoms with Crippen LogP contribution in [0.2, 0.25) is 5.02 Å². The zero-order valence-corrected chi connectivity index (χ0v) is 25.0. The van der Waals surface area contributed by atoms with E-state index >= 15 is 0 Å². The van der Waals surface area contributed by atoms with Gasteiger partial charge in [-0.2, -0.15) is 4.31 Å². The fraction of sp³-hybridized carbons (Fsp3) is 0.355. The Hall–Kier alpha value is -3.40. The van der Waals surface area contributed by atoms with E-state index in [1.54, 1.807) is 49.3 Å². The molecule has 0 saturated carbocycles. The van der Waals surface area contributed by atoms with Crippen molar-refractivity contribution in [1.29, 1.82) is 0 Å². The topological polar surface area (TPSA) is 96.0 Å². The number of carbonyl (C=O) groups excluding carboxylic acids is 2. The molecule has 41 heavy (non-hydrogen) atoms. The molecule has 3 aromatic carbocycles. The number of aryl methyl sites for hydroxylation is 1. The summed E-state index contributed by atoms with van der Waals surface area (Å²) in [5.41, 5.74) is 2.50. The number of carbonyl (C=O) groups is 2. The Morgan fingerprint density at radius 3 is 2.24 bits per heavy atom. The third-order valence-corrected chi connectivity index (χ3v) is 9.63. The normalized spacial score (nSPS) is 14.4. The average Bonchev–Trinajstić information content (AvgIpc) is 3.55. The molecule has 4 rings (SSSR count). The lowest BCUT2D eigenvalue weighted by Gasteiger charge is -2.29. The number of benzene rings is 3. The summed E-state index contributed by atoms with van der Waals surface area (Å²) < 4.78 is 32.4. The van der Waals surface area contributed by atoms with E-state index in [1.165, 1.54) is 4.31 Å². The SMILES string of the molecule is COc1ccc(CN(C(=O)CCc2ccc(S(=O)(=O)N3CCCC3)cc2)[C@@H](C)C(=O)NCc2ccccc2Cl)cc1. The van der Waals surface area contributed by atoms with Crippen LogP contribution in [0.5, 0.6) is 5.75 Å². The van der Waals surface area contributed by atoms with Crippen LogP contribution >= 0.6 is 11.6 Å². The van der Waals surface area contributed by atoms with E-state index in [-0.39, 0.29) is 36.2 Å². The maximum atomic E-state index is 13.5. The summed E-state index contributed by atoms with van der Waals surface area (Å²) in [6, 6.07) is 20.6. The van der Waals surface area contributed by atoms with Gasteiger partial charge in [0.15, 0.2) is 0 Å². The van der Waals surface area contributed by atoms with E-state index in [2.05, 4.69) is 5.32 Å². The Labute approximate surface area is 247 Å². The molecule has 8 nitrogen and oxygen atoms in total. The predicted molar refractivity (Wildman–Crippen MR) is 159 cm³/mol. The van der Waals surface area contributed by atoms with Gasteiger partial charge in [-0.05, 0) is 73.2 Å². The fourth-order valence-corrected chi connectivity index (χ4v) is 6.50. The maximum absolute atomic E-state index is 13.5. The van der Waals surface area contributed by atoms with Gasteiger partial charge in [0, 0.05) is 37.6 Å². The lowest BCUT2D eigenvalue weighted by Crippen LogP contribution is -2.47. The summed E-state index contributed by atoms with van der Waals surface area (Å²) in [6.07, 6.45) is 2.33. The molecule has 10 heteroatoms. The van der Waals surface area contributed by atoms with E-state index in [4.69, 9.17) is 16.3 Å². The van der Waals surface area contributed by atoms with Crippen LogP contribution in [0, 0.1) is 0 Å². The number of rotatable bonds is 12. The molecular formula is C31H36ClN3O5S. The second-order valence-corrected chi connectivity index (χ2v) is 12.5. The zero-order valence-electron chi connectivity index (χ0n) is 23.4. The Kier molecular flexibility index (Phi) is 10.4. The highest BCUT2D eigenvalue weighted by Crippen LogP contribution is 2.22. The van der Waals surface area contributed by atoms with Crippen LogP contribution in [0.15, 0.2) is 77.7 Å². The number of hydrogen-bond acceptors (Lipinski definition) is 5. The van der Waals surface area contributed by atoms with E-state index < -0.39 is 16.1 Å². The molecule has 1 N–H and O–H groups in total. The van der Waals surface area contributed by atoms with Gasteiger partial charge in [0.2, 0.25) is 21.8 Å². The van der Waals surface area contributed by atoms with Crippen LogP contribution in [0.25, 0.3) is 0 Å². The van der Waals surface area contributed by atoms with E-state index in [0.29, 0.717) is 30.3 Å². The van der Waals surface area contributed by atoms with Crippen molar-refractivity contribution in [2.75, 3.05) is 20.2 Å². The summed E-state index contributed by atoms with van der Waals surface area (Å²) in [7, 11) is -1.90. The van der Waals surface area contributed by atoms with Crippen molar-refractivity contribution < 1.29 is 22.7 Å². The third kappa shape index (κ3) is 7.87. The molecule has 0 unspecified atom stereocenters. The molecule has 1 fully saturated rings. The van der Waals surface area contributed by atoms with Gasteiger partial charge in [-0.1, -0.05) is 54.1 Å². The van der Waals surface area contributed by atoms with Crippen LogP contribution in [0.3, 0.4) is 0 Å². The van der Waals surface area contributed by atoms with Crippen LogP contribution in [-0.2, 0) is 39.1 Å². The van der Waals surface area contributed by atoms with Gasteiger partial charge in [-0.15, -0.1) is 0 Å². The second-order valence-electron chi connectivity index (χ2n) is 10.1. The van der Waals surface area contributed by atoms with Gasteiger partial charge in [0.05, 0.1) is 12.0 Å². The van der Waals surface area contributed by atoms with Gasteiger partial charge in [0.25, 0.3) is 0 Å². The van der Waals surface area contributed by atoms with Gasteiger partial charge in [-0.25, -0.2) is 8.42 Å². The highest BCUT2D eigenvalue weighted by molar-refractivity contribution is 7.89. The third-order valence-electron chi connectivity index (χ3n) is 7.34. The molecule has 0 bridgehead atoms. The number of methoxy groups -OCH3 is 1. The van der Waals surface area contributed by atoms with Crippen molar-refractivity contribution in [1.82, 2.24) is 14.5 Å². The van der Waals surface area contributed by atoms with E-state index in [0.717, 1.165) is 29.5 Å². The monoisotopic (exact) mass is 597 g/mol. The van der Waals surface area contributed by atoms with Crippen LogP contribution in [0.1, 0.15) is 42.9 Å². The molecule has 1 atom stereocenters. The minimum absolute atomic E-state index is 0.163. The summed E-state index contributed by atoms with van der Waals surface area (Å²) in [4.78, 5) is 28.5. The number of halogens is 1. The first-order chi connectivity index (χ1) is 19.7. The molecule has 0 radical (unpaired) electrons. The van der Waals surface area contributed by atoms with Crippen molar-refractivity contribution in [2.45, 2.75) is 56.6 Å². The molecular weight excluding hydrogens is 562 g/mol. The average molecular weight is 598 g/mol. The minimum atomic E-state index is -3.49. The molecule has 1 aliphatic rings. The summed E-state index contributed by atoms with van der Waals surface area (Å²) >= 11 is 6.24. The van der Waals surface area contributed by atoms with Crippen molar-refractivity contribution in [3.63, 3.8) is 0 Å². The van der Waals surface area contributed by atoms with Crippen LogP contribution < -0.4 is 10.1 Å². The van der Waals surface area contributed by atoms with Crippen molar-refractivity contribution in [3.05, 3.63) is 94.5 Å². The Morgan fingerprint density at radius 2 is 1.61 bits per heavy atom. The Bertz CT molecular complexity index is 1440.